The highest BCUT2D eigenvalue weighted by Crippen LogP contribution is 2.24. The lowest BCUT2D eigenvalue weighted by atomic mass is 9.99. The third-order valence-electron chi connectivity index (χ3n) is 3.89. The second-order valence-electron chi connectivity index (χ2n) is 5.67. The van der Waals surface area contributed by atoms with Crippen LogP contribution >= 0.6 is 11.8 Å². The molecule has 0 heterocycles. The largest absolute Gasteiger partial charge is 0.310 e. The molecule has 0 fully saturated rings. The summed E-state index contributed by atoms with van der Waals surface area (Å²) < 4.78 is 0. The van der Waals surface area contributed by atoms with E-state index in [2.05, 4.69) is 50.4 Å². The van der Waals surface area contributed by atoms with E-state index in [4.69, 9.17) is 0 Å². The minimum Gasteiger partial charge on any atom is -0.310 e. The molecule has 0 saturated carbocycles. The minimum absolute atomic E-state index is 0.529. The van der Waals surface area contributed by atoms with Gasteiger partial charge >= 0.3 is 0 Å². The van der Waals surface area contributed by atoms with Crippen LogP contribution in [0.1, 0.15) is 77.3 Å². The standard InChI is InChI=1S/C19H33NS/c1-4-7-8-9-10-11-12-19(20-5-2)17-13-15-18(16-14-17)21-6-3/h13-16,19-20H,4-12H2,1-3H3. The Bertz CT molecular complexity index is 347. The molecule has 0 amide bonds. The maximum absolute atomic E-state index is 3.65. The van der Waals surface area contributed by atoms with Crippen LogP contribution in [0.15, 0.2) is 29.2 Å². The molecule has 0 spiro atoms. The van der Waals surface area contributed by atoms with Gasteiger partial charge in [0.1, 0.15) is 0 Å². The Morgan fingerprint density at radius 2 is 1.57 bits per heavy atom. The van der Waals surface area contributed by atoms with E-state index in [1.54, 1.807) is 0 Å². The Hall–Kier alpha value is -0.470. The molecule has 0 aromatic heterocycles. The molecule has 1 aromatic carbocycles. The molecule has 120 valence electrons. The van der Waals surface area contributed by atoms with Gasteiger partial charge in [-0.3, -0.25) is 0 Å². The van der Waals surface area contributed by atoms with Gasteiger partial charge in [0.2, 0.25) is 0 Å². The molecule has 0 saturated heterocycles. The first-order valence-electron chi connectivity index (χ1n) is 8.77. The van der Waals surface area contributed by atoms with Crippen molar-refractivity contribution in [3.63, 3.8) is 0 Å². The highest BCUT2D eigenvalue weighted by molar-refractivity contribution is 7.99. The zero-order valence-electron chi connectivity index (χ0n) is 14.2. The van der Waals surface area contributed by atoms with Gasteiger partial charge in [0.15, 0.2) is 0 Å². The van der Waals surface area contributed by atoms with E-state index in [1.165, 1.54) is 55.4 Å². The van der Waals surface area contributed by atoms with Crippen molar-refractivity contribution < 1.29 is 0 Å². The van der Waals surface area contributed by atoms with Gasteiger partial charge < -0.3 is 5.32 Å². The number of unbranched alkanes of at least 4 members (excludes halogenated alkanes) is 5. The number of hydrogen-bond acceptors (Lipinski definition) is 2. The molecule has 21 heavy (non-hydrogen) atoms. The van der Waals surface area contributed by atoms with Crippen molar-refractivity contribution >= 4 is 11.8 Å². The van der Waals surface area contributed by atoms with Crippen molar-refractivity contribution in [1.82, 2.24) is 5.32 Å². The second-order valence-corrected chi connectivity index (χ2v) is 7.01. The molecule has 0 aliphatic carbocycles. The quantitative estimate of drug-likeness (QED) is 0.364. The molecule has 1 rings (SSSR count). The van der Waals surface area contributed by atoms with Gasteiger partial charge in [-0.15, -0.1) is 11.8 Å². The topological polar surface area (TPSA) is 12.0 Å². The van der Waals surface area contributed by atoms with Crippen LogP contribution in [0.3, 0.4) is 0 Å². The molecule has 2 heteroatoms. The fourth-order valence-electron chi connectivity index (χ4n) is 2.72. The summed E-state index contributed by atoms with van der Waals surface area (Å²) in [4.78, 5) is 1.39. The lowest BCUT2D eigenvalue weighted by Gasteiger charge is -2.18. The van der Waals surface area contributed by atoms with Crippen molar-refractivity contribution in [1.29, 1.82) is 0 Å². The Morgan fingerprint density at radius 1 is 0.905 bits per heavy atom. The maximum atomic E-state index is 3.65. The van der Waals surface area contributed by atoms with Crippen LogP contribution in [0, 0.1) is 0 Å². The molecule has 1 aromatic rings. The Balaban J connectivity index is 2.40. The zero-order chi connectivity index (χ0) is 15.3. The second kappa shape index (κ2) is 12.1. The van der Waals surface area contributed by atoms with Crippen molar-refractivity contribution in [2.45, 2.75) is 76.7 Å². The van der Waals surface area contributed by atoms with Crippen LogP contribution < -0.4 is 5.32 Å². The van der Waals surface area contributed by atoms with E-state index >= 15 is 0 Å². The SMILES string of the molecule is CCCCCCCCC(NCC)c1ccc(SCC)cc1. The van der Waals surface area contributed by atoms with Gasteiger partial charge in [-0.1, -0.05) is 71.4 Å². The smallest absolute Gasteiger partial charge is 0.0320 e. The number of nitrogens with one attached hydrogen (secondary N) is 1. The fraction of sp³-hybridized carbons (Fsp3) is 0.684. The van der Waals surface area contributed by atoms with E-state index in [-0.39, 0.29) is 0 Å². The van der Waals surface area contributed by atoms with Crippen LogP contribution in [0.4, 0.5) is 0 Å². The average Bonchev–Trinajstić information content (AvgIpc) is 2.51. The third kappa shape index (κ3) is 7.92. The number of rotatable bonds is 12. The lowest BCUT2D eigenvalue weighted by molar-refractivity contribution is 0.477. The molecule has 1 atom stereocenters. The molecule has 1 N–H and O–H groups in total. The minimum atomic E-state index is 0.529. The molecule has 0 radical (unpaired) electrons. The van der Waals surface area contributed by atoms with Crippen LogP contribution in [-0.4, -0.2) is 12.3 Å². The number of hydrogen-bond donors (Lipinski definition) is 1. The van der Waals surface area contributed by atoms with Crippen LogP contribution in [-0.2, 0) is 0 Å². The predicted molar refractivity (Wildman–Crippen MR) is 97.3 cm³/mol. The Morgan fingerprint density at radius 3 is 2.19 bits per heavy atom. The van der Waals surface area contributed by atoms with Gasteiger partial charge in [-0.25, -0.2) is 0 Å². The monoisotopic (exact) mass is 307 g/mol. The van der Waals surface area contributed by atoms with Gasteiger partial charge in [0.05, 0.1) is 0 Å². The first-order chi connectivity index (χ1) is 10.3. The highest BCUT2D eigenvalue weighted by Gasteiger charge is 2.09. The third-order valence-corrected chi connectivity index (χ3v) is 4.78. The summed E-state index contributed by atoms with van der Waals surface area (Å²) in [6, 6.07) is 9.69. The Kier molecular flexibility index (Phi) is 10.7. The van der Waals surface area contributed by atoms with Crippen LogP contribution in [0.2, 0.25) is 0 Å². The van der Waals surface area contributed by atoms with Crippen LogP contribution in [0.25, 0.3) is 0 Å². The van der Waals surface area contributed by atoms with E-state index in [9.17, 15) is 0 Å². The maximum Gasteiger partial charge on any atom is 0.0320 e. The van der Waals surface area contributed by atoms with Crippen LogP contribution in [0.5, 0.6) is 0 Å². The summed E-state index contributed by atoms with van der Waals surface area (Å²) in [5.41, 5.74) is 1.45. The van der Waals surface area contributed by atoms with Crippen molar-refractivity contribution in [2.24, 2.45) is 0 Å². The van der Waals surface area contributed by atoms with E-state index < -0.39 is 0 Å². The summed E-state index contributed by atoms with van der Waals surface area (Å²) in [7, 11) is 0. The fourth-order valence-corrected chi connectivity index (χ4v) is 3.39. The van der Waals surface area contributed by atoms with Gasteiger partial charge in [-0.05, 0) is 36.4 Å². The summed E-state index contributed by atoms with van der Waals surface area (Å²) in [5.74, 6) is 1.15. The highest BCUT2D eigenvalue weighted by atomic mass is 32.2. The number of thioether (sulfide) groups is 1. The van der Waals surface area contributed by atoms with Crippen molar-refractivity contribution in [2.75, 3.05) is 12.3 Å². The first-order valence-corrected chi connectivity index (χ1v) is 9.76. The summed E-state index contributed by atoms with van der Waals surface area (Å²) >= 11 is 1.92. The van der Waals surface area contributed by atoms with E-state index in [0.29, 0.717) is 6.04 Å². The predicted octanol–water partition coefficient (Wildman–Crippen LogP) is 6.20. The van der Waals surface area contributed by atoms with Crippen molar-refractivity contribution in [3.05, 3.63) is 29.8 Å². The summed E-state index contributed by atoms with van der Waals surface area (Å²) in [5, 5.41) is 3.65. The zero-order valence-corrected chi connectivity index (χ0v) is 15.0. The number of benzene rings is 1. The molecule has 0 aliphatic heterocycles. The Labute approximate surface area is 136 Å². The molecule has 1 unspecified atom stereocenters. The van der Waals surface area contributed by atoms with Gasteiger partial charge in [0.25, 0.3) is 0 Å². The first kappa shape index (κ1) is 18.6. The van der Waals surface area contributed by atoms with E-state index in [1.807, 2.05) is 11.8 Å². The molecule has 0 aliphatic rings. The molecular weight excluding hydrogens is 274 g/mol. The van der Waals surface area contributed by atoms with Gasteiger partial charge in [0, 0.05) is 10.9 Å². The van der Waals surface area contributed by atoms with Gasteiger partial charge in [-0.2, -0.15) is 0 Å². The average molecular weight is 308 g/mol. The normalized spacial score (nSPS) is 12.5. The lowest BCUT2D eigenvalue weighted by Crippen LogP contribution is -2.20. The van der Waals surface area contributed by atoms with E-state index in [0.717, 1.165) is 12.3 Å². The summed E-state index contributed by atoms with van der Waals surface area (Å²) in [6.45, 7) is 7.74. The molecular formula is C19H33NS. The molecule has 0 bridgehead atoms. The van der Waals surface area contributed by atoms with Crippen molar-refractivity contribution in [3.8, 4) is 0 Å². The summed E-state index contributed by atoms with van der Waals surface area (Å²) in [6.07, 6.45) is 9.53. The molecule has 1 nitrogen and oxygen atoms in total.